The van der Waals surface area contributed by atoms with Crippen LogP contribution in [0.5, 0.6) is 0 Å². The number of allylic oxidation sites excluding steroid dienone is 1. The number of hydrogen-bond acceptors (Lipinski definition) is 6. The molecule has 3 aromatic heterocycles. The number of rotatable bonds is 4. The van der Waals surface area contributed by atoms with E-state index < -0.39 is 0 Å². The molecule has 3 heterocycles. The number of aromatic nitrogens is 3. The molecule has 0 atom stereocenters. The molecule has 0 spiro atoms. The van der Waals surface area contributed by atoms with Crippen LogP contribution in [0.1, 0.15) is 51.2 Å². The van der Waals surface area contributed by atoms with Crippen molar-refractivity contribution in [1.82, 2.24) is 15.0 Å². The van der Waals surface area contributed by atoms with Gasteiger partial charge < -0.3 is 0 Å². The Morgan fingerprint density at radius 1 is 0.554 bits per heavy atom. The molecule has 0 aliphatic rings. The zero-order valence-electron chi connectivity index (χ0n) is 33.5. The zero-order valence-corrected chi connectivity index (χ0v) is 46.6. The van der Waals surface area contributed by atoms with Crippen molar-refractivity contribution in [2.75, 3.05) is 0 Å². The number of halogens is 7. The third kappa shape index (κ3) is 27.6. The van der Waals surface area contributed by atoms with E-state index in [1.807, 2.05) is 115 Å². The van der Waals surface area contributed by atoms with Gasteiger partial charge in [0.05, 0.1) is 24.1 Å². The summed E-state index contributed by atoms with van der Waals surface area (Å²) in [6.07, 6.45) is 18.6. The van der Waals surface area contributed by atoms with Crippen molar-refractivity contribution in [3.63, 3.8) is 0 Å². The minimum atomic E-state index is -0.390. The topological polar surface area (TPSA) is 103 Å². The molecule has 0 radical (unpaired) electrons. The summed E-state index contributed by atoms with van der Waals surface area (Å²) in [4.78, 5) is 21.8. The molecule has 0 amide bonds. The van der Waals surface area contributed by atoms with E-state index in [2.05, 4.69) is 116 Å². The minimum Gasteiger partial charge on any atom is -0.298 e. The summed E-state index contributed by atoms with van der Waals surface area (Å²) in [7, 11) is 0. The summed E-state index contributed by atoms with van der Waals surface area (Å²) in [5, 5.41) is 17.6. The summed E-state index contributed by atoms with van der Waals surface area (Å²) in [6.45, 7) is 0. The number of benzene rings is 4. The first-order valence-electron chi connectivity index (χ1n) is 18.0. The van der Waals surface area contributed by atoms with Crippen LogP contribution in [0, 0.1) is 54.7 Å². The molecule has 7 rings (SSSR count). The molecule has 0 fully saturated rings. The maximum Gasteiger partial charge on any atom is 0.150 e. The molecule has 0 saturated carbocycles. The molecule has 328 valence electrons. The van der Waals surface area contributed by atoms with Crippen molar-refractivity contribution in [2.45, 2.75) is 13.8 Å². The average molecular weight is 1450 g/mol. The number of hydrogen-bond donors (Lipinski definition) is 0. The second-order valence-electron chi connectivity index (χ2n) is 11.7. The number of terminal acetylenes is 1. The van der Waals surface area contributed by atoms with Gasteiger partial charge in [-0.15, -0.1) is 54.4 Å². The first kappa shape index (κ1) is 60.5. The van der Waals surface area contributed by atoms with Crippen molar-refractivity contribution in [2.24, 2.45) is 0 Å². The Morgan fingerprint density at radius 2 is 0.923 bits per heavy atom. The van der Waals surface area contributed by atoms with Gasteiger partial charge in [0.25, 0.3) is 0 Å². The zero-order chi connectivity index (χ0) is 44.6. The van der Waals surface area contributed by atoms with E-state index in [9.17, 15) is 10.1 Å². The maximum atomic E-state index is 10.1. The van der Waals surface area contributed by atoms with Gasteiger partial charge in [0, 0.05) is 41.4 Å². The molecule has 13 heteroatoms. The van der Waals surface area contributed by atoms with Crippen molar-refractivity contribution in [1.29, 1.82) is 10.5 Å². The van der Waals surface area contributed by atoms with E-state index in [1.54, 1.807) is 61.4 Å². The third-order valence-corrected chi connectivity index (χ3v) is 10.5. The Labute approximate surface area is 461 Å². The molecule has 4 aromatic carbocycles. The largest absolute Gasteiger partial charge is 0.298 e. The fourth-order valence-electron chi connectivity index (χ4n) is 4.27. The SMILES string of the molecule is C.C#Cc1ccncc1.C(#Cc1ccncc1)[I-]C#Cc1ccncc1.I.I.N#C/C(=C\c1ccc(Br)cc1)c1ccc(Br)cc1.N#CCc1ccc(Br)cc1.O=Cc1ccc(Br)cc1. The number of aldehydes is 1. The molecule has 0 unspecified atom stereocenters. The Hall–Kier alpha value is -4.49. The van der Waals surface area contributed by atoms with Crippen LogP contribution in [-0.4, -0.2) is 21.2 Å². The molecular formula is C52H39Br4I3N5O-. The van der Waals surface area contributed by atoms with Crippen LogP contribution in [0.3, 0.4) is 0 Å². The Morgan fingerprint density at radius 3 is 1.28 bits per heavy atom. The summed E-state index contributed by atoms with van der Waals surface area (Å²) in [5.41, 5.74) is 7.21. The van der Waals surface area contributed by atoms with Crippen LogP contribution in [0.2, 0.25) is 0 Å². The summed E-state index contributed by atoms with van der Waals surface area (Å²) < 4.78 is 10.3. The number of nitrogens with zero attached hydrogens (tertiary/aromatic N) is 5. The molecule has 0 aliphatic heterocycles. The Balaban J connectivity index is 0.000000808. The van der Waals surface area contributed by atoms with E-state index in [0.717, 1.165) is 57.6 Å². The predicted molar refractivity (Wildman–Crippen MR) is 297 cm³/mol. The van der Waals surface area contributed by atoms with E-state index in [-0.39, 0.29) is 76.6 Å². The van der Waals surface area contributed by atoms with Gasteiger partial charge in [-0.25, -0.2) is 0 Å². The van der Waals surface area contributed by atoms with Gasteiger partial charge in [-0.3, -0.25) is 9.78 Å². The number of pyridine rings is 3. The van der Waals surface area contributed by atoms with Gasteiger partial charge in [0.1, 0.15) is 6.29 Å². The molecule has 6 nitrogen and oxygen atoms in total. The van der Waals surface area contributed by atoms with Gasteiger partial charge in [-0.1, -0.05) is 126 Å². The minimum absolute atomic E-state index is 0. The van der Waals surface area contributed by atoms with Crippen LogP contribution in [0.4, 0.5) is 0 Å². The van der Waals surface area contributed by atoms with Crippen LogP contribution in [-0.2, 0) is 6.42 Å². The quantitative estimate of drug-likeness (QED) is 0.0572. The van der Waals surface area contributed by atoms with Crippen LogP contribution in [0.25, 0.3) is 11.6 Å². The van der Waals surface area contributed by atoms with E-state index in [0.29, 0.717) is 17.6 Å². The van der Waals surface area contributed by atoms with Crippen molar-refractivity contribution in [3.05, 3.63) is 227 Å². The van der Waals surface area contributed by atoms with E-state index in [4.69, 9.17) is 11.7 Å². The van der Waals surface area contributed by atoms with E-state index >= 15 is 0 Å². The van der Waals surface area contributed by atoms with Gasteiger partial charge in [-0.05, 0) is 83.4 Å². The second kappa shape index (κ2) is 37.7. The van der Waals surface area contributed by atoms with Crippen LogP contribution < -0.4 is 21.2 Å². The molecule has 0 saturated heterocycles. The summed E-state index contributed by atoms with van der Waals surface area (Å²) in [6, 6.07) is 46.0. The molecule has 0 N–H and O–H groups in total. The van der Waals surface area contributed by atoms with Gasteiger partial charge >= 0.3 is 111 Å². The smallest absolute Gasteiger partial charge is 0.150 e. The Bertz CT molecular complexity index is 2650. The molecular weight excluding hydrogens is 1410 g/mol. The maximum absolute atomic E-state index is 10.1. The number of carbonyl (C=O) groups excluding carboxylic acids is 1. The van der Waals surface area contributed by atoms with Crippen LogP contribution >= 0.6 is 112 Å². The standard InChI is InChI=1S/C15H9Br2N.C14H8IN2.C8H6BrN.C7H5BrO.C7H5N.CH4.2HI/c16-14-5-1-11(2-6-14)9-13(10-18)12-3-7-15(17)8-4-12;1(13-3-9-16-10-4-13)7-15-8-2-14-5-11-17-12-6-14;9-8-3-1-7(2-4-8)5-6-10;8-7-3-1-6(5-9)2-4-7;1-2-7-3-5-8-6-4-7;;;/h1-9H;3-6,9-12H;1-4H,5H2;1-5H;1,3-6H;1H4;2*1H/q;-1;;;;;;/b13-9+;;;;;;;. The van der Waals surface area contributed by atoms with Crippen molar-refractivity contribution in [3.8, 4) is 44.2 Å². The van der Waals surface area contributed by atoms with Crippen LogP contribution in [0.15, 0.2) is 189 Å². The van der Waals surface area contributed by atoms with Gasteiger partial charge in [0.2, 0.25) is 0 Å². The second-order valence-corrected chi connectivity index (χ2v) is 17.0. The predicted octanol–water partition coefficient (Wildman–Crippen LogP) is 11.9. The number of nitriles is 2. The Kier molecular flexibility index (Phi) is 35.1. The molecule has 65 heavy (non-hydrogen) atoms. The third-order valence-electron chi connectivity index (χ3n) is 7.34. The number of carbonyl (C=O) groups is 1. The molecule has 0 aliphatic carbocycles. The fourth-order valence-corrected chi connectivity index (χ4v) is 6.35. The molecule has 7 aromatic rings. The normalized spacial score (nSPS) is 8.91. The fraction of sp³-hybridized carbons (Fsp3) is 0.0385. The summed E-state index contributed by atoms with van der Waals surface area (Å²) in [5.74, 6) is 8.64. The van der Waals surface area contributed by atoms with Gasteiger partial charge in [-0.2, -0.15) is 10.5 Å². The van der Waals surface area contributed by atoms with Gasteiger partial charge in [0.15, 0.2) is 0 Å². The molecule has 0 bridgehead atoms. The average Bonchev–Trinajstić information content (AvgIpc) is 3.32. The first-order chi connectivity index (χ1) is 30.2. The first-order valence-corrected chi connectivity index (χ1v) is 23.3. The summed E-state index contributed by atoms with van der Waals surface area (Å²) >= 11 is 13.0. The van der Waals surface area contributed by atoms with Crippen molar-refractivity contribution >= 4 is 130 Å². The van der Waals surface area contributed by atoms with Crippen molar-refractivity contribution < 1.29 is 26.0 Å². The van der Waals surface area contributed by atoms with E-state index in [1.165, 1.54) is 0 Å². The monoisotopic (exact) mass is 1450 g/mol.